The maximum absolute atomic E-state index is 13.1. The van der Waals surface area contributed by atoms with Gasteiger partial charge in [0.2, 0.25) is 0 Å². The molecule has 180 valence electrons. The lowest BCUT2D eigenvalue weighted by Crippen LogP contribution is -2.48. The van der Waals surface area contributed by atoms with Gasteiger partial charge in [0.25, 0.3) is 11.8 Å². The van der Waals surface area contributed by atoms with Crippen LogP contribution in [0.1, 0.15) is 32.1 Å². The molecule has 8 heteroatoms. The van der Waals surface area contributed by atoms with Crippen molar-refractivity contribution in [1.29, 1.82) is 0 Å². The summed E-state index contributed by atoms with van der Waals surface area (Å²) in [6.07, 6.45) is 4.29. The van der Waals surface area contributed by atoms with E-state index in [1.807, 2.05) is 47.4 Å². The molecule has 1 aromatic heterocycles. The van der Waals surface area contributed by atoms with Gasteiger partial charge in [-0.15, -0.1) is 0 Å². The van der Waals surface area contributed by atoms with Gasteiger partial charge in [-0.05, 0) is 23.3 Å². The molecule has 2 aliphatic rings. The summed E-state index contributed by atoms with van der Waals surface area (Å²) in [7, 11) is 0. The Kier molecular flexibility index (Phi) is 6.97. The van der Waals surface area contributed by atoms with Gasteiger partial charge in [-0.1, -0.05) is 66.2 Å². The summed E-state index contributed by atoms with van der Waals surface area (Å²) < 4.78 is 1.66. The van der Waals surface area contributed by atoms with Gasteiger partial charge in [0.05, 0.1) is 6.54 Å². The number of hydrogen-bond acceptors (Lipinski definition) is 4. The van der Waals surface area contributed by atoms with Gasteiger partial charge in [-0.2, -0.15) is 5.10 Å². The topological polar surface area (TPSA) is 61.7 Å². The number of nitrogens with zero attached hydrogens (tertiary/aromatic N) is 5. The first-order valence-corrected chi connectivity index (χ1v) is 12.3. The summed E-state index contributed by atoms with van der Waals surface area (Å²) in [5, 5.41) is 5.12. The second kappa shape index (κ2) is 10.5. The van der Waals surface area contributed by atoms with Crippen LogP contribution in [0.2, 0.25) is 5.02 Å². The lowest BCUT2D eigenvalue weighted by Gasteiger charge is -2.33. The zero-order valence-corrected chi connectivity index (χ0v) is 20.3. The summed E-state index contributed by atoms with van der Waals surface area (Å²) in [4.78, 5) is 32.1. The molecule has 7 nitrogen and oxygen atoms in total. The Bertz CT molecular complexity index is 1230. The van der Waals surface area contributed by atoms with Crippen LogP contribution in [0, 0.1) is 0 Å². The number of rotatable bonds is 6. The van der Waals surface area contributed by atoms with E-state index in [1.54, 1.807) is 15.6 Å². The quantitative estimate of drug-likeness (QED) is 0.530. The molecule has 1 fully saturated rings. The number of hydrogen-bond donors (Lipinski definition) is 0. The van der Waals surface area contributed by atoms with E-state index in [0.29, 0.717) is 49.1 Å². The van der Waals surface area contributed by atoms with Crippen LogP contribution in [0.25, 0.3) is 6.08 Å². The molecule has 3 aromatic rings. The molecule has 0 spiro atoms. The van der Waals surface area contributed by atoms with Crippen LogP contribution >= 0.6 is 11.6 Å². The van der Waals surface area contributed by atoms with Gasteiger partial charge in [-0.25, -0.2) is 0 Å². The number of amides is 2. The van der Waals surface area contributed by atoms with E-state index in [9.17, 15) is 9.59 Å². The first-order chi connectivity index (χ1) is 17.1. The lowest BCUT2D eigenvalue weighted by molar-refractivity contribution is 0.0639. The SMILES string of the molecule is O=C(c1cc2n(n1)CCN(Cc1cccc(Cl)c1)C2=O)N1CCN(C/C=C/c2ccccc2)CC1. The van der Waals surface area contributed by atoms with Gasteiger partial charge < -0.3 is 9.80 Å². The van der Waals surface area contributed by atoms with Crippen molar-refractivity contribution >= 4 is 29.5 Å². The van der Waals surface area contributed by atoms with E-state index < -0.39 is 0 Å². The molecule has 35 heavy (non-hydrogen) atoms. The average molecular weight is 490 g/mol. The van der Waals surface area contributed by atoms with E-state index in [4.69, 9.17) is 11.6 Å². The van der Waals surface area contributed by atoms with Gasteiger partial charge in [0.15, 0.2) is 5.69 Å². The summed E-state index contributed by atoms with van der Waals surface area (Å²) >= 11 is 6.09. The Morgan fingerprint density at radius 2 is 1.74 bits per heavy atom. The summed E-state index contributed by atoms with van der Waals surface area (Å²) in [5.74, 6) is -0.224. The number of halogens is 1. The van der Waals surface area contributed by atoms with Gasteiger partial charge in [0.1, 0.15) is 5.69 Å². The Morgan fingerprint density at radius 3 is 2.51 bits per heavy atom. The van der Waals surface area contributed by atoms with Crippen LogP contribution in [0.5, 0.6) is 0 Å². The minimum atomic E-state index is -0.113. The Balaban J connectivity index is 1.17. The fourth-order valence-corrected chi connectivity index (χ4v) is 4.76. The fraction of sp³-hybridized carbons (Fsp3) is 0.296. The monoisotopic (exact) mass is 489 g/mol. The molecule has 5 rings (SSSR count). The number of carbonyl (C=O) groups is 2. The molecular formula is C27H28ClN5O2. The zero-order valence-electron chi connectivity index (χ0n) is 19.5. The van der Waals surface area contributed by atoms with Crippen molar-refractivity contribution in [1.82, 2.24) is 24.5 Å². The van der Waals surface area contributed by atoms with Crippen LogP contribution < -0.4 is 0 Å². The molecular weight excluding hydrogens is 462 g/mol. The van der Waals surface area contributed by atoms with Crippen LogP contribution in [0.3, 0.4) is 0 Å². The van der Waals surface area contributed by atoms with Crippen LogP contribution in [0.15, 0.2) is 66.7 Å². The van der Waals surface area contributed by atoms with E-state index in [0.717, 1.165) is 25.2 Å². The Morgan fingerprint density at radius 1 is 0.943 bits per heavy atom. The maximum atomic E-state index is 13.1. The highest BCUT2D eigenvalue weighted by atomic mass is 35.5. The first kappa shape index (κ1) is 23.3. The normalized spacial score (nSPS) is 16.7. The van der Waals surface area contributed by atoms with Crippen molar-refractivity contribution in [3.8, 4) is 0 Å². The fourth-order valence-electron chi connectivity index (χ4n) is 4.55. The van der Waals surface area contributed by atoms with Crippen molar-refractivity contribution in [2.75, 3.05) is 39.3 Å². The molecule has 3 heterocycles. The van der Waals surface area contributed by atoms with Crippen molar-refractivity contribution in [3.63, 3.8) is 0 Å². The van der Waals surface area contributed by atoms with Crippen LogP contribution in [-0.4, -0.2) is 75.6 Å². The molecule has 0 radical (unpaired) electrons. The number of carbonyl (C=O) groups excluding carboxylic acids is 2. The van der Waals surface area contributed by atoms with Crippen molar-refractivity contribution in [3.05, 3.63) is 94.3 Å². The third-order valence-electron chi connectivity index (χ3n) is 6.48. The molecule has 0 aliphatic carbocycles. The molecule has 1 saturated heterocycles. The third-order valence-corrected chi connectivity index (χ3v) is 6.72. The number of fused-ring (bicyclic) bond motifs is 1. The second-order valence-corrected chi connectivity index (χ2v) is 9.34. The first-order valence-electron chi connectivity index (χ1n) is 11.9. The van der Waals surface area contributed by atoms with Gasteiger partial charge >= 0.3 is 0 Å². The maximum Gasteiger partial charge on any atom is 0.274 e. The zero-order chi connectivity index (χ0) is 24.2. The van der Waals surface area contributed by atoms with Crippen molar-refractivity contribution in [2.24, 2.45) is 0 Å². The third kappa shape index (κ3) is 5.47. The van der Waals surface area contributed by atoms with Crippen molar-refractivity contribution < 1.29 is 9.59 Å². The molecule has 2 aliphatic heterocycles. The molecule has 0 saturated carbocycles. The highest BCUT2D eigenvalue weighted by Gasteiger charge is 2.30. The molecule has 0 bridgehead atoms. The number of benzene rings is 2. The predicted octanol–water partition coefficient (Wildman–Crippen LogP) is 3.66. The Hall–Kier alpha value is -3.42. The average Bonchev–Trinajstić information content (AvgIpc) is 3.32. The minimum Gasteiger partial charge on any atom is -0.335 e. The van der Waals surface area contributed by atoms with Crippen molar-refractivity contribution in [2.45, 2.75) is 13.1 Å². The summed E-state index contributed by atoms with van der Waals surface area (Å²) in [5.41, 5.74) is 2.97. The van der Waals surface area contributed by atoms with Crippen LogP contribution in [-0.2, 0) is 13.1 Å². The molecule has 0 unspecified atom stereocenters. The molecule has 2 amide bonds. The van der Waals surface area contributed by atoms with Gasteiger partial charge in [-0.3, -0.25) is 19.2 Å². The smallest absolute Gasteiger partial charge is 0.274 e. The standard InChI is InChI=1S/C27H28ClN5O2/c28-23-10-4-8-22(18-23)20-32-16-17-33-25(27(32)35)19-24(29-33)26(34)31-14-12-30(13-15-31)11-5-9-21-6-2-1-3-7-21/h1-10,18-19H,11-17,20H2/b9-5+. The second-order valence-electron chi connectivity index (χ2n) is 8.90. The molecule has 0 atom stereocenters. The van der Waals surface area contributed by atoms with E-state index in [1.165, 1.54) is 5.56 Å². The highest BCUT2D eigenvalue weighted by Crippen LogP contribution is 2.19. The predicted molar refractivity (Wildman–Crippen MR) is 136 cm³/mol. The largest absolute Gasteiger partial charge is 0.335 e. The number of piperazine rings is 1. The van der Waals surface area contributed by atoms with Crippen LogP contribution in [0.4, 0.5) is 0 Å². The summed E-state index contributed by atoms with van der Waals surface area (Å²) in [6.45, 7) is 5.36. The highest BCUT2D eigenvalue weighted by molar-refractivity contribution is 6.30. The minimum absolute atomic E-state index is 0.111. The van der Waals surface area contributed by atoms with E-state index >= 15 is 0 Å². The summed E-state index contributed by atoms with van der Waals surface area (Å²) in [6, 6.07) is 19.4. The Labute approximate surface area is 210 Å². The lowest BCUT2D eigenvalue weighted by atomic mass is 10.2. The number of aromatic nitrogens is 2. The van der Waals surface area contributed by atoms with Gasteiger partial charge in [0, 0.05) is 56.9 Å². The van der Waals surface area contributed by atoms with E-state index in [-0.39, 0.29) is 11.8 Å². The van der Waals surface area contributed by atoms with E-state index in [2.05, 4.69) is 34.3 Å². The molecule has 2 aromatic carbocycles. The molecule has 0 N–H and O–H groups in total.